The van der Waals surface area contributed by atoms with E-state index in [0.29, 0.717) is 30.6 Å². The first kappa shape index (κ1) is 13.8. The second-order valence-corrected chi connectivity index (χ2v) is 5.50. The van der Waals surface area contributed by atoms with Crippen LogP contribution in [0, 0.1) is 6.92 Å². The summed E-state index contributed by atoms with van der Waals surface area (Å²) >= 11 is 0. The van der Waals surface area contributed by atoms with E-state index in [4.69, 9.17) is 4.42 Å². The van der Waals surface area contributed by atoms with Crippen LogP contribution in [0.4, 0.5) is 0 Å². The van der Waals surface area contributed by atoms with Gasteiger partial charge in [-0.25, -0.2) is 4.98 Å². The molecule has 3 rings (SSSR count). The minimum absolute atomic E-state index is 0.0623. The Morgan fingerprint density at radius 2 is 2.14 bits per heavy atom. The molecular formula is C16H19N3O2. The van der Waals surface area contributed by atoms with Crippen molar-refractivity contribution >= 4 is 5.91 Å². The highest BCUT2D eigenvalue weighted by Crippen LogP contribution is 2.24. The molecule has 1 N–H and O–H groups in total. The van der Waals surface area contributed by atoms with Crippen LogP contribution in [0.15, 0.2) is 35.1 Å². The number of benzene rings is 1. The summed E-state index contributed by atoms with van der Waals surface area (Å²) in [6.07, 6.45) is 1.34. The third-order valence-corrected chi connectivity index (χ3v) is 3.74. The number of nitrogens with zero attached hydrogens (tertiary/aromatic N) is 2. The van der Waals surface area contributed by atoms with Crippen LogP contribution >= 0.6 is 0 Å². The molecule has 0 bridgehead atoms. The molecule has 1 fully saturated rings. The highest BCUT2D eigenvalue weighted by molar-refractivity contribution is 5.97. The van der Waals surface area contributed by atoms with Crippen molar-refractivity contribution in [1.29, 1.82) is 0 Å². The standard InChI is InChI=1S/C16H19N3O2/c1-11-3-5-13(6-4-11)15-14(18-10-21-15)16(20)19-8-7-17-12(2)9-19/h3-6,10,12,17H,7-9H2,1-2H3. The predicted octanol–water partition coefficient (Wildman–Crippen LogP) is 2.08. The summed E-state index contributed by atoms with van der Waals surface area (Å²) < 4.78 is 5.46. The Morgan fingerprint density at radius 1 is 1.38 bits per heavy atom. The second-order valence-electron chi connectivity index (χ2n) is 5.50. The zero-order valence-corrected chi connectivity index (χ0v) is 12.3. The van der Waals surface area contributed by atoms with Gasteiger partial charge in [0.25, 0.3) is 5.91 Å². The first-order chi connectivity index (χ1) is 10.1. The van der Waals surface area contributed by atoms with E-state index in [1.165, 1.54) is 12.0 Å². The SMILES string of the molecule is Cc1ccc(-c2ocnc2C(=O)N2CCNC(C)C2)cc1. The Kier molecular flexibility index (Phi) is 3.75. The van der Waals surface area contributed by atoms with Gasteiger partial charge in [-0.1, -0.05) is 29.8 Å². The summed E-state index contributed by atoms with van der Waals surface area (Å²) in [5.74, 6) is 0.485. The third kappa shape index (κ3) is 2.83. The van der Waals surface area contributed by atoms with E-state index in [1.807, 2.05) is 36.1 Å². The molecule has 1 aromatic carbocycles. The third-order valence-electron chi connectivity index (χ3n) is 3.74. The summed E-state index contributed by atoms with van der Waals surface area (Å²) in [4.78, 5) is 18.6. The van der Waals surface area contributed by atoms with Crippen molar-refractivity contribution in [2.75, 3.05) is 19.6 Å². The van der Waals surface area contributed by atoms with Crippen molar-refractivity contribution in [3.8, 4) is 11.3 Å². The fourth-order valence-electron chi connectivity index (χ4n) is 2.57. The number of aromatic nitrogens is 1. The van der Waals surface area contributed by atoms with Crippen molar-refractivity contribution in [1.82, 2.24) is 15.2 Å². The maximum absolute atomic E-state index is 12.6. The minimum Gasteiger partial charge on any atom is -0.443 e. The fraction of sp³-hybridized carbons (Fsp3) is 0.375. The molecule has 1 aliphatic heterocycles. The maximum atomic E-state index is 12.6. The molecule has 1 unspecified atom stereocenters. The molecule has 0 saturated carbocycles. The lowest BCUT2D eigenvalue weighted by Crippen LogP contribution is -2.51. The maximum Gasteiger partial charge on any atom is 0.276 e. The fourth-order valence-corrected chi connectivity index (χ4v) is 2.57. The molecule has 1 saturated heterocycles. The van der Waals surface area contributed by atoms with Gasteiger partial charge in [-0.3, -0.25) is 4.79 Å². The first-order valence-electron chi connectivity index (χ1n) is 7.18. The molecule has 1 atom stereocenters. The molecule has 1 aliphatic rings. The van der Waals surface area contributed by atoms with Crippen LogP contribution < -0.4 is 5.32 Å². The number of nitrogens with one attached hydrogen (secondary N) is 1. The molecule has 21 heavy (non-hydrogen) atoms. The molecule has 5 nitrogen and oxygen atoms in total. The van der Waals surface area contributed by atoms with Gasteiger partial charge in [-0.2, -0.15) is 0 Å². The molecule has 1 amide bonds. The van der Waals surface area contributed by atoms with Crippen LogP contribution in [0.25, 0.3) is 11.3 Å². The van der Waals surface area contributed by atoms with Crippen LogP contribution in [-0.2, 0) is 0 Å². The number of aryl methyl sites for hydroxylation is 1. The average molecular weight is 285 g/mol. The first-order valence-corrected chi connectivity index (χ1v) is 7.18. The summed E-state index contributed by atoms with van der Waals surface area (Å²) in [6.45, 7) is 6.30. The lowest BCUT2D eigenvalue weighted by molar-refractivity contribution is 0.0704. The largest absolute Gasteiger partial charge is 0.443 e. The highest BCUT2D eigenvalue weighted by atomic mass is 16.3. The molecule has 1 aromatic heterocycles. The number of rotatable bonds is 2. The zero-order chi connectivity index (χ0) is 14.8. The van der Waals surface area contributed by atoms with Crippen LogP contribution in [0.1, 0.15) is 23.0 Å². The van der Waals surface area contributed by atoms with E-state index >= 15 is 0 Å². The van der Waals surface area contributed by atoms with Crippen molar-refractivity contribution in [3.05, 3.63) is 41.9 Å². The van der Waals surface area contributed by atoms with Crippen molar-refractivity contribution in [2.24, 2.45) is 0 Å². The molecular weight excluding hydrogens is 266 g/mol. The highest BCUT2D eigenvalue weighted by Gasteiger charge is 2.26. The van der Waals surface area contributed by atoms with Gasteiger partial charge in [0.1, 0.15) is 0 Å². The summed E-state index contributed by atoms with van der Waals surface area (Å²) in [5.41, 5.74) is 2.44. The second kappa shape index (κ2) is 5.69. The Morgan fingerprint density at radius 3 is 2.86 bits per heavy atom. The number of hydrogen-bond donors (Lipinski definition) is 1. The van der Waals surface area contributed by atoms with E-state index in [1.54, 1.807) is 0 Å². The van der Waals surface area contributed by atoms with E-state index in [0.717, 1.165) is 12.1 Å². The smallest absolute Gasteiger partial charge is 0.276 e. The van der Waals surface area contributed by atoms with Gasteiger partial charge in [0, 0.05) is 31.2 Å². The molecule has 5 heteroatoms. The number of amides is 1. The van der Waals surface area contributed by atoms with Crippen molar-refractivity contribution in [2.45, 2.75) is 19.9 Å². The summed E-state index contributed by atoms with van der Waals surface area (Å²) in [5, 5.41) is 3.33. The Hall–Kier alpha value is -2.14. The van der Waals surface area contributed by atoms with Gasteiger partial charge >= 0.3 is 0 Å². The lowest BCUT2D eigenvalue weighted by atomic mass is 10.1. The van der Waals surface area contributed by atoms with Crippen LogP contribution in [0.5, 0.6) is 0 Å². The topological polar surface area (TPSA) is 58.4 Å². The molecule has 0 spiro atoms. The van der Waals surface area contributed by atoms with E-state index < -0.39 is 0 Å². The average Bonchev–Trinajstić information content (AvgIpc) is 2.96. The Labute approximate surface area is 124 Å². The number of carbonyl (C=O) groups excluding carboxylic acids is 1. The van der Waals surface area contributed by atoms with Gasteiger partial charge in [0.2, 0.25) is 0 Å². The normalized spacial score (nSPS) is 18.8. The van der Waals surface area contributed by atoms with E-state index in [9.17, 15) is 4.79 Å². The van der Waals surface area contributed by atoms with Gasteiger partial charge in [-0.05, 0) is 13.8 Å². The van der Waals surface area contributed by atoms with Crippen LogP contribution in [0.2, 0.25) is 0 Å². The molecule has 2 aromatic rings. The Balaban J connectivity index is 1.88. The zero-order valence-electron chi connectivity index (χ0n) is 12.3. The minimum atomic E-state index is -0.0623. The quantitative estimate of drug-likeness (QED) is 0.918. The van der Waals surface area contributed by atoms with Gasteiger partial charge in [0.15, 0.2) is 17.8 Å². The predicted molar refractivity (Wildman–Crippen MR) is 80.0 cm³/mol. The molecule has 110 valence electrons. The number of oxazole rings is 1. The number of hydrogen-bond acceptors (Lipinski definition) is 4. The van der Waals surface area contributed by atoms with E-state index in [2.05, 4.69) is 17.2 Å². The van der Waals surface area contributed by atoms with Crippen LogP contribution in [-0.4, -0.2) is 41.5 Å². The van der Waals surface area contributed by atoms with Gasteiger partial charge in [0.05, 0.1) is 0 Å². The molecule has 0 radical (unpaired) electrons. The lowest BCUT2D eigenvalue weighted by Gasteiger charge is -2.31. The number of carbonyl (C=O) groups is 1. The van der Waals surface area contributed by atoms with Gasteiger partial charge in [-0.15, -0.1) is 0 Å². The monoisotopic (exact) mass is 285 g/mol. The number of piperazine rings is 1. The summed E-state index contributed by atoms with van der Waals surface area (Å²) in [7, 11) is 0. The van der Waals surface area contributed by atoms with Gasteiger partial charge < -0.3 is 14.6 Å². The van der Waals surface area contributed by atoms with E-state index in [-0.39, 0.29) is 5.91 Å². The van der Waals surface area contributed by atoms with Crippen molar-refractivity contribution in [3.63, 3.8) is 0 Å². The summed E-state index contributed by atoms with van der Waals surface area (Å²) in [6, 6.07) is 8.20. The Bertz CT molecular complexity index is 633. The van der Waals surface area contributed by atoms with Crippen LogP contribution in [0.3, 0.4) is 0 Å². The van der Waals surface area contributed by atoms with Crippen molar-refractivity contribution < 1.29 is 9.21 Å². The molecule has 2 heterocycles. The molecule has 0 aliphatic carbocycles.